The number of amides is 1. The molecule has 0 aliphatic rings. The summed E-state index contributed by atoms with van der Waals surface area (Å²) in [7, 11) is 0. The van der Waals surface area contributed by atoms with E-state index in [-0.39, 0.29) is 24.4 Å². The van der Waals surface area contributed by atoms with Gasteiger partial charge in [0.25, 0.3) is 0 Å². The van der Waals surface area contributed by atoms with Gasteiger partial charge in [0.05, 0.1) is 11.1 Å². The molecule has 10 heteroatoms. The fraction of sp³-hybridized carbons (Fsp3) is 0.370. The molecule has 4 rings (SSSR count). The zero-order valence-electron chi connectivity index (χ0n) is 21.3. The van der Waals surface area contributed by atoms with Gasteiger partial charge in [-0.3, -0.25) is 4.79 Å². The highest BCUT2D eigenvalue weighted by Gasteiger charge is 2.33. The maximum Gasteiger partial charge on any atom is 0.329 e. The summed E-state index contributed by atoms with van der Waals surface area (Å²) in [6, 6.07) is 12.8. The van der Waals surface area contributed by atoms with Crippen molar-refractivity contribution < 1.29 is 18.7 Å². The molecule has 1 amide bonds. The average Bonchev–Trinajstić information content (AvgIpc) is 3.53. The number of nitrogens with one attached hydrogen (secondary N) is 1. The van der Waals surface area contributed by atoms with Crippen molar-refractivity contribution in [1.82, 2.24) is 25.5 Å². The van der Waals surface area contributed by atoms with E-state index >= 15 is 0 Å². The van der Waals surface area contributed by atoms with E-state index < -0.39 is 6.04 Å². The van der Waals surface area contributed by atoms with Gasteiger partial charge in [0.1, 0.15) is 17.4 Å². The van der Waals surface area contributed by atoms with Crippen molar-refractivity contribution in [3.63, 3.8) is 0 Å². The first-order valence-electron chi connectivity index (χ1n) is 12.3. The molecule has 194 valence electrons. The Balaban J connectivity index is 1.65. The first-order chi connectivity index (χ1) is 17.8. The molecule has 9 nitrogen and oxygen atoms in total. The maximum absolute atomic E-state index is 13.1. The molecule has 0 bridgehead atoms. The number of hydrogen-bond acceptors (Lipinski definition) is 7. The van der Waals surface area contributed by atoms with E-state index in [1.807, 2.05) is 63.2 Å². The average molecular weight is 568 g/mol. The van der Waals surface area contributed by atoms with Crippen molar-refractivity contribution in [2.24, 2.45) is 5.92 Å². The van der Waals surface area contributed by atoms with Crippen molar-refractivity contribution in [2.45, 2.75) is 53.1 Å². The number of halogens is 1. The smallest absolute Gasteiger partial charge is 0.329 e. The molecule has 0 radical (unpaired) electrons. The minimum atomic E-state index is -0.657. The number of hydrogen-bond donors (Lipinski definition) is 1. The number of rotatable bonds is 10. The fourth-order valence-electron chi connectivity index (χ4n) is 4.34. The van der Waals surface area contributed by atoms with Crippen LogP contribution in [0.3, 0.4) is 0 Å². The van der Waals surface area contributed by atoms with Crippen LogP contribution in [0.15, 0.2) is 51.4 Å². The van der Waals surface area contributed by atoms with E-state index in [1.54, 1.807) is 11.8 Å². The Morgan fingerprint density at radius 1 is 1.11 bits per heavy atom. The predicted molar refractivity (Wildman–Crippen MR) is 143 cm³/mol. The second kappa shape index (κ2) is 11.7. The van der Waals surface area contributed by atoms with E-state index in [1.165, 1.54) is 0 Å². The monoisotopic (exact) mass is 567 g/mol. The quantitative estimate of drug-likeness (QED) is 0.242. The molecule has 1 atom stereocenters. The number of furan rings is 1. The first kappa shape index (κ1) is 26.5. The number of ether oxygens (including phenoxy) is 1. The molecule has 2 aromatic carbocycles. The molecule has 2 aromatic heterocycles. The second-order valence-electron chi connectivity index (χ2n) is 9.10. The summed E-state index contributed by atoms with van der Waals surface area (Å²) in [5.74, 6) is 0.676. The van der Waals surface area contributed by atoms with Gasteiger partial charge >= 0.3 is 5.97 Å². The predicted octanol–water partition coefficient (Wildman–Crippen LogP) is 5.76. The van der Waals surface area contributed by atoms with Gasteiger partial charge in [-0.15, -0.1) is 10.2 Å². The van der Waals surface area contributed by atoms with Gasteiger partial charge in [-0.05, 0) is 58.1 Å². The second-order valence-corrected chi connectivity index (χ2v) is 9.89. The summed E-state index contributed by atoms with van der Waals surface area (Å²) in [5.41, 5.74) is 3.33. The van der Waals surface area contributed by atoms with Crippen LogP contribution in [0.25, 0.3) is 33.7 Å². The van der Waals surface area contributed by atoms with Crippen LogP contribution in [0, 0.1) is 5.92 Å². The molecule has 1 unspecified atom stereocenters. The lowest BCUT2D eigenvalue weighted by Crippen LogP contribution is -2.48. The standard InChI is InChI=1S/C27H30BrN5O4/c1-5-7-22(34)33(24(16(3)4)27(35)36-6-2)15-17-8-13-21-20(14-17)23(28)25(37-21)18-9-11-19(12-10-18)26-29-31-32-30-26/h8-14,16,24H,5-7,15H2,1-4H3,(H,29,30,31,32). The lowest BCUT2D eigenvalue weighted by atomic mass is 10.0. The molecule has 0 spiro atoms. The van der Waals surface area contributed by atoms with Crippen molar-refractivity contribution in [3.8, 4) is 22.7 Å². The number of benzene rings is 2. The number of carbonyl (C=O) groups is 2. The van der Waals surface area contributed by atoms with Crippen LogP contribution in [0.5, 0.6) is 0 Å². The van der Waals surface area contributed by atoms with Gasteiger partial charge in [0.2, 0.25) is 11.7 Å². The molecule has 0 saturated carbocycles. The number of esters is 1. The number of nitrogens with zero attached hydrogens (tertiary/aromatic N) is 4. The van der Waals surface area contributed by atoms with Crippen molar-refractivity contribution >= 4 is 38.8 Å². The van der Waals surface area contributed by atoms with E-state index in [9.17, 15) is 9.59 Å². The first-order valence-corrected chi connectivity index (χ1v) is 13.1. The maximum atomic E-state index is 13.1. The highest BCUT2D eigenvalue weighted by Crippen LogP contribution is 2.38. The van der Waals surface area contributed by atoms with Crippen LogP contribution in [0.2, 0.25) is 0 Å². The molecule has 0 fully saturated rings. The molecule has 0 saturated heterocycles. The van der Waals surface area contributed by atoms with Crippen LogP contribution in [-0.4, -0.2) is 50.0 Å². The van der Waals surface area contributed by atoms with Crippen molar-refractivity contribution in [2.75, 3.05) is 6.61 Å². The largest absolute Gasteiger partial charge is 0.464 e. The van der Waals surface area contributed by atoms with Crippen LogP contribution in [-0.2, 0) is 20.9 Å². The number of aromatic nitrogens is 4. The van der Waals surface area contributed by atoms with E-state index in [2.05, 4.69) is 36.6 Å². The van der Waals surface area contributed by atoms with Crippen LogP contribution < -0.4 is 0 Å². The Labute approximate surface area is 223 Å². The Hall–Kier alpha value is -3.53. The number of tetrazole rings is 1. The minimum absolute atomic E-state index is 0.0667. The lowest BCUT2D eigenvalue weighted by Gasteiger charge is -2.33. The highest BCUT2D eigenvalue weighted by atomic mass is 79.9. The van der Waals surface area contributed by atoms with Crippen molar-refractivity contribution in [1.29, 1.82) is 0 Å². The molecule has 1 N–H and O–H groups in total. The third-order valence-electron chi connectivity index (χ3n) is 6.07. The van der Waals surface area contributed by atoms with Gasteiger partial charge in [0.15, 0.2) is 0 Å². The Morgan fingerprint density at radius 3 is 2.46 bits per heavy atom. The summed E-state index contributed by atoms with van der Waals surface area (Å²) >= 11 is 3.71. The minimum Gasteiger partial charge on any atom is -0.464 e. The Bertz CT molecular complexity index is 1370. The van der Waals surface area contributed by atoms with Crippen LogP contribution in [0.4, 0.5) is 0 Å². The summed E-state index contributed by atoms with van der Waals surface area (Å²) in [6.45, 7) is 8.15. The molecule has 2 heterocycles. The van der Waals surface area contributed by atoms with Gasteiger partial charge < -0.3 is 14.1 Å². The Morgan fingerprint density at radius 2 is 1.84 bits per heavy atom. The third kappa shape index (κ3) is 5.74. The topological polar surface area (TPSA) is 114 Å². The van der Waals surface area contributed by atoms with E-state index in [0.29, 0.717) is 36.6 Å². The highest BCUT2D eigenvalue weighted by molar-refractivity contribution is 9.10. The fourth-order valence-corrected chi connectivity index (χ4v) is 4.96. The van der Waals surface area contributed by atoms with Gasteiger partial charge in [-0.1, -0.05) is 51.1 Å². The number of carbonyl (C=O) groups excluding carboxylic acids is 2. The molecule has 0 aliphatic heterocycles. The molecular weight excluding hydrogens is 538 g/mol. The third-order valence-corrected chi connectivity index (χ3v) is 6.86. The number of H-pyrrole nitrogens is 1. The Kier molecular flexibility index (Phi) is 8.38. The van der Waals surface area contributed by atoms with Crippen molar-refractivity contribution in [3.05, 3.63) is 52.5 Å². The number of fused-ring (bicyclic) bond motifs is 1. The van der Waals surface area contributed by atoms with E-state index in [4.69, 9.17) is 9.15 Å². The summed E-state index contributed by atoms with van der Waals surface area (Å²) < 4.78 is 12.3. The lowest BCUT2D eigenvalue weighted by molar-refractivity contribution is -0.157. The zero-order chi connectivity index (χ0) is 26.5. The van der Waals surface area contributed by atoms with Gasteiger partial charge in [-0.2, -0.15) is 5.21 Å². The molecule has 0 aliphatic carbocycles. The van der Waals surface area contributed by atoms with Crippen LogP contribution >= 0.6 is 15.9 Å². The summed E-state index contributed by atoms with van der Waals surface area (Å²) in [4.78, 5) is 27.6. The van der Waals surface area contributed by atoms with E-state index in [0.717, 1.165) is 26.5 Å². The summed E-state index contributed by atoms with van der Waals surface area (Å²) in [6.07, 6.45) is 1.06. The zero-order valence-corrected chi connectivity index (χ0v) is 22.9. The SMILES string of the molecule is CCCC(=O)N(Cc1ccc2oc(-c3ccc(-c4nn[nH]n4)cc3)c(Br)c2c1)C(C(=O)OCC)C(C)C. The van der Waals surface area contributed by atoms with Crippen LogP contribution in [0.1, 0.15) is 46.1 Å². The number of aromatic amines is 1. The molecule has 37 heavy (non-hydrogen) atoms. The molecular formula is C27H30BrN5O4. The normalized spacial score (nSPS) is 12.2. The summed E-state index contributed by atoms with van der Waals surface area (Å²) in [5, 5.41) is 14.9. The van der Waals surface area contributed by atoms with Gasteiger partial charge in [-0.25, -0.2) is 4.79 Å². The van der Waals surface area contributed by atoms with Gasteiger partial charge in [0, 0.05) is 29.5 Å². The molecule has 4 aromatic rings.